The molecule has 1 aromatic heterocycles. The second-order valence-corrected chi connectivity index (χ2v) is 6.65. The molecule has 2 aromatic rings. The van der Waals surface area contributed by atoms with Gasteiger partial charge in [0.1, 0.15) is 5.82 Å². The normalized spacial score (nSPS) is 18.0. The first-order valence-electron chi connectivity index (χ1n) is 8.93. The summed E-state index contributed by atoms with van der Waals surface area (Å²) in [5.41, 5.74) is 0.454. The lowest BCUT2D eigenvalue weighted by Crippen LogP contribution is -2.40. The van der Waals surface area contributed by atoms with Crippen molar-refractivity contribution in [2.24, 2.45) is 0 Å². The molecule has 0 bridgehead atoms. The Kier molecular flexibility index (Phi) is 5.34. The Bertz CT molecular complexity index is 761. The standard InChI is InChI=1S/C19H23F3N4/c1-3-16-9-4-5-10-26(16)18-23-13(2)11-17(25-18)24-15-8-6-7-14(12-15)19(20,21)22/h6-8,11-12,16H,3-5,9-10H2,1-2H3,(H,23,24,25). The zero-order valence-corrected chi connectivity index (χ0v) is 15.0. The van der Waals surface area contributed by atoms with Crippen LogP contribution in [0.2, 0.25) is 0 Å². The molecule has 0 saturated carbocycles. The topological polar surface area (TPSA) is 41.1 Å². The number of hydrogen-bond acceptors (Lipinski definition) is 4. The number of alkyl halides is 3. The molecular formula is C19H23F3N4. The van der Waals surface area contributed by atoms with E-state index in [0.29, 0.717) is 23.5 Å². The fourth-order valence-corrected chi connectivity index (χ4v) is 3.35. The highest BCUT2D eigenvalue weighted by Gasteiger charge is 2.30. The van der Waals surface area contributed by atoms with Crippen LogP contribution in [0.15, 0.2) is 30.3 Å². The van der Waals surface area contributed by atoms with Crippen molar-refractivity contribution in [3.8, 4) is 0 Å². The zero-order chi connectivity index (χ0) is 18.7. The largest absolute Gasteiger partial charge is 0.416 e. The van der Waals surface area contributed by atoms with Crippen molar-refractivity contribution < 1.29 is 13.2 Å². The van der Waals surface area contributed by atoms with Crippen molar-refractivity contribution in [1.82, 2.24) is 9.97 Å². The number of halogens is 3. The van der Waals surface area contributed by atoms with Crippen molar-refractivity contribution in [3.05, 3.63) is 41.6 Å². The summed E-state index contributed by atoms with van der Waals surface area (Å²) in [6.45, 7) is 4.93. The number of nitrogens with one attached hydrogen (secondary N) is 1. The molecule has 3 rings (SSSR count). The summed E-state index contributed by atoms with van der Waals surface area (Å²) in [5, 5.41) is 2.99. The van der Waals surface area contributed by atoms with Gasteiger partial charge in [0.15, 0.2) is 0 Å². The molecule has 7 heteroatoms. The summed E-state index contributed by atoms with van der Waals surface area (Å²) in [6, 6.07) is 7.29. The van der Waals surface area contributed by atoms with Crippen LogP contribution in [-0.4, -0.2) is 22.6 Å². The van der Waals surface area contributed by atoms with Gasteiger partial charge < -0.3 is 10.2 Å². The molecule has 1 aliphatic rings. The van der Waals surface area contributed by atoms with Gasteiger partial charge in [0.25, 0.3) is 0 Å². The lowest BCUT2D eigenvalue weighted by atomic mass is 10.0. The molecule has 1 aromatic carbocycles. The first kappa shape index (κ1) is 18.5. The maximum absolute atomic E-state index is 12.9. The molecule has 0 spiro atoms. The van der Waals surface area contributed by atoms with Gasteiger partial charge in [-0.25, -0.2) is 4.98 Å². The lowest BCUT2D eigenvalue weighted by molar-refractivity contribution is -0.137. The molecule has 0 radical (unpaired) electrons. The van der Waals surface area contributed by atoms with Crippen molar-refractivity contribution in [1.29, 1.82) is 0 Å². The average molecular weight is 364 g/mol. The number of aryl methyl sites for hydroxylation is 1. The molecule has 1 unspecified atom stereocenters. The van der Waals surface area contributed by atoms with E-state index >= 15 is 0 Å². The predicted molar refractivity (Wildman–Crippen MR) is 96.8 cm³/mol. The third-order valence-corrected chi connectivity index (χ3v) is 4.66. The quantitative estimate of drug-likeness (QED) is 0.797. The smallest absolute Gasteiger partial charge is 0.340 e. The summed E-state index contributed by atoms with van der Waals surface area (Å²) in [4.78, 5) is 11.3. The minimum absolute atomic E-state index is 0.356. The zero-order valence-electron chi connectivity index (χ0n) is 15.0. The van der Waals surface area contributed by atoms with E-state index < -0.39 is 11.7 Å². The van der Waals surface area contributed by atoms with Crippen LogP contribution in [0.25, 0.3) is 0 Å². The van der Waals surface area contributed by atoms with Crippen LogP contribution in [0.4, 0.5) is 30.6 Å². The van der Waals surface area contributed by atoms with E-state index in [1.165, 1.54) is 12.5 Å². The molecule has 2 heterocycles. The summed E-state index contributed by atoms with van der Waals surface area (Å²) in [7, 11) is 0. The summed E-state index contributed by atoms with van der Waals surface area (Å²) >= 11 is 0. The van der Waals surface area contributed by atoms with E-state index in [4.69, 9.17) is 0 Å². The minimum atomic E-state index is -4.37. The monoisotopic (exact) mass is 364 g/mol. The van der Waals surface area contributed by atoms with Gasteiger partial charge in [0, 0.05) is 30.0 Å². The van der Waals surface area contributed by atoms with Crippen LogP contribution in [0, 0.1) is 6.92 Å². The van der Waals surface area contributed by atoms with E-state index in [1.54, 1.807) is 12.1 Å². The third-order valence-electron chi connectivity index (χ3n) is 4.66. The first-order chi connectivity index (χ1) is 12.4. The maximum atomic E-state index is 12.9. The Morgan fingerprint density at radius 3 is 2.73 bits per heavy atom. The fourth-order valence-electron chi connectivity index (χ4n) is 3.35. The van der Waals surface area contributed by atoms with Gasteiger partial charge in [0.2, 0.25) is 5.95 Å². The minimum Gasteiger partial charge on any atom is -0.340 e. The summed E-state index contributed by atoms with van der Waals surface area (Å²) < 4.78 is 38.7. The number of anilines is 3. The number of piperidine rings is 1. The van der Waals surface area contributed by atoms with E-state index in [-0.39, 0.29) is 0 Å². The van der Waals surface area contributed by atoms with Gasteiger partial charge in [0.05, 0.1) is 5.56 Å². The van der Waals surface area contributed by atoms with Crippen molar-refractivity contribution in [3.63, 3.8) is 0 Å². The predicted octanol–water partition coefficient (Wildman–Crippen LogP) is 5.32. The van der Waals surface area contributed by atoms with Crippen molar-refractivity contribution >= 4 is 17.5 Å². The summed E-state index contributed by atoms with van der Waals surface area (Å²) in [5.74, 6) is 1.15. The first-order valence-corrected chi connectivity index (χ1v) is 8.93. The molecule has 0 aliphatic carbocycles. The third kappa shape index (κ3) is 4.26. The summed E-state index contributed by atoms with van der Waals surface area (Å²) in [6.07, 6.45) is 0.0742. The molecule has 1 saturated heterocycles. The highest BCUT2D eigenvalue weighted by molar-refractivity contribution is 5.59. The van der Waals surface area contributed by atoms with Gasteiger partial charge in [-0.2, -0.15) is 18.2 Å². The highest BCUT2D eigenvalue weighted by Crippen LogP contribution is 2.31. The van der Waals surface area contributed by atoms with E-state index in [1.807, 2.05) is 6.92 Å². The Balaban J connectivity index is 1.86. The highest BCUT2D eigenvalue weighted by atomic mass is 19.4. The maximum Gasteiger partial charge on any atom is 0.416 e. The van der Waals surface area contributed by atoms with Crippen molar-refractivity contribution in [2.45, 2.75) is 51.7 Å². The van der Waals surface area contributed by atoms with Gasteiger partial charge >= 0.3 is 6.18 Å². The van der Waals surface area contributed by atoms with Crippen LogP contribution >= 0.6 is 0 Å². The second-order valence-electron chi connectivity index (χ2n) is 6.65. The molecule has 1 fully saturated rings. The molecular weight excluding hydrogens is 341 g/mol. The second kappa shape index (κ2) is 7.51. The Labute approximate surface area is 151 Å². The van der Waals surface area contributed by atoms with Crippen LogP contribution in [0.3, 0.4) is 0 Å². The SMILES string of the molecule is CCC1CCCCN1c1nc(C)cc(Nc2cccc(C(F)(F)F)c2)n1. The molecule has 140 valence electrons. The fraction of sp³-hybridized carbons (Fsp3) is 0.474. The number of rotatable bonds is 4. The molecule has 4 nitrogen and oxygen atoms in total. The Morgan fingerprint density at radius 1 is 1.19 bits per heavy atom. The number of benzene rings is 1. The molecule has 1 aliphatic heterocycles. The van der Waals surface area contributed by atoms with E-state index in [0.717, 1.165) is 43.6 Å². The number of hydrogen-bond donors (Lipinski definition) is 1. The van der Waals surface area contributed by atoms with Gasteiger partial charge in [-0.1, -0.05) is 13.0 Å². The van der Waals surface area contributed by atoms with Crippen LogP contribution in [0.1, 0.15) is 43.9 Å². The van der Waals surface area contributed by atoms with Gasteiger partial charge in [-0.15, -0.1) is 0 Å². The Morgan fingerprint density at radius 2 is 2.00 bits per heavy atom. The van der Waals surface area contributed by atoms with Crippen LogP contribution < -0.4 is 10.2 Å². The number of aromatic nitrogens is 2. The van der Waals surface area contributed by atoms with Crippen molar-refractivity contribution in [2.75, 3.05) is 16.8 Å². The van der Waals surface area contributed by atoms with E-state index in [9.17, 15) is 13.2 Å². The van der Waals surface area contributed by atoms with Gasteiger partial charge in [-0.05, 0) is 50.8 Å². The van der Waals surface area contributed by atoms with Crippen LogP contribution in [-0.2, 0) is 6.18 Å². The molecule has 1 N–H and O–H groups in total. The van der Waals surface area contributed by atoms with Crippen LogP contribution in [0.5, 0.6) is 0 Å². The molecule has 26 heavy (non-hydrogen) atoms. The lowest BCUT2D eigenvalue weighted by Gasteiger charge is -2.35. The Hall–Kier alpha value is -2.31. The average Bonchev–Trinajstić information content (AvgIpc) is 2.60. The molecule has 1 atom stereocenters. The molecule has 0 amide bonds. The van der Waals surface area contributed by atoms with Gasteiger partial charge in [-0.3, -0.25) is 0 Å². The van der Waals surface area contributed by atoms with E-state index in [2.05, 4.69) is 27.1 Å². The number of nitrogens with zero attached hydrogens (tertiary/aromatic N) is 3.